The van der Waals surface area contributed by atoms with E-state index in [2.05, 4.69) is 0 Å². The van der Waals surface area contributed by atoms with Crippen molar-refractivity contribution in [2.45, 2.75) is 30.6 Å². The summed E-state index contributed by atoms with van der Waals surface area (Å²) in [7, 11) is 0. The number of nitrogens with two attached hydrogens (primary N) is 1. The second-order valence-electron chi connectivity index (χ2n) is 6.75. The maximum Gasteiger partial charge on any atom is 0.227 e. The van der Waals surface area contributed by atoms with Crippen molar-refractivity contribution in [3.8, 4) is 11.5 Å². The first-order valence-corrected chi connectivity index (χ1v) is 10.4. The first-order chi connectivity index (χ1) is 13.2. The van der Waals surface area contributed by atoms with Crippen molar-refractivity contribution in [1.82, 2.24) is 0 Å². The minimum Gasteiger partial charge on any atom is -0.490 e. The molecule has 0 saturated carbocycles. The lowest BCUT2D eigenvalue weighted by Gasteiger charge is -2.30. The maximum atomic E-state index is 12.8. The fourth-order valence-corrected chi connectivity index (χ4v) is 4.40. The molecule has 0 unspecified atom stereocenters. The lowest BCUT2D eigenvalue weighted by Crippen LogP contribution is -2.35. The van der Waals surface area contributed by atoms with Gasteiger partial charge < -0.3 is 20.1 Å². The molecule has 4 rings (SSSR count). The van der Waals surface area contributed by atoms with Gasteiger partial charge in [-0.3, -0.25) is 4.79 Å². The van der Waals surface area contributed by atoms with Crippen LogP contribution < -0.4 is 20.1 Å². The Morgan fingerprint density at radius 3 is 2.85 bits per heavy atom. The number of hydrogen-bond donors (Lipinski definition) is 1. The second-order valence-corrected chi connectivity index (χ2v) is 7.92. The van der Waals surface area contributed by atoms with Gasteiger partial charge in [0.25, 0.3) is 0 Å². The lowest BCUT2D eigenvalue weighted by atomic mass is 9.99. The zero-order valence-corrected chi connectivity index (χ0v) is 16.1. The number of thioether (sulfide) groups is 1. The van der Waals surface area contributed by atoms with Crippen molar-refractivity contribution in [2.75, 3.05) is 36.1 Å². The number of nitrogens with zero attached hydrogens (tertiary/aromatic N) is 1. The molecule has 6 heteroatoms. The van der Waals surface area contributed by atoms with E-state index < -0.39 is 0 Å². The number of carbonyl (C=O) groups excluding carboxylic acids is 1. The molecule has 0 saturated heterocycles. The molecule has 27 heavy (non-hydrogen) atoms. The van der Waals surface area contributed by atoms with Gasteiger partial charge in [0, 0.05) is 41.4 Å². The fraction of sp³-hybridized carbons (Fsp3) is 0.381. The Morgan fingerprint density at radius 1 is 1.11 bits per heavy atom. The van der Waals surface area contributed by atoms with Crippen LogP contribution in [0.25, 0.3) is 0 Å². The molecule has 2 aromatic carbocycles. The SMILES string of the molecule is Nc1cccc2c1CCCN2C(=O)CCSc1ccc2c(c1)OCCCO2. The largest absolute Gasteiger partial charge is 0.490 e. The molecule has 0 atom stereocenters. The summed E-state index contributed by atoms with van der Waals surface area (Å²) in [5.41, 5.74) is 8.95. The normalized spacial score (nSPS) is 15.8. The number of rotatable bonds is 4. The predicted octanol–water partition coefficient (Wildman–Crippen LogP) is 3.89. The number of ether oxygens (including phenoxy) is 2. The van der Waals surface area contributed by atoms with Crippen LogP contribution in [0.5, 0.6) is 11.5 Å². The third kappa shape index (κ3) is 4.00. The van der Waals surface area contributed by atoms with E-state index >= 15 is 0 Å². The summed E-state index contributed by atoms with van der Waals surface area (Å²) in [5.74, 6) is 2.48. The number of hydrogen-bond acceptors (Lipinski definition) is 5. The summed E-state index contributed by atoms with van der Waals surface area (Å²) in [6, 6.07) is 11.8. The van der Waals surface area contributed by atoms with Crippen molar-refractivity contribution in [2.24, 2.45) is 0 Å². The summed E-state index contributed by atoms with van der Waals surface area (Å²) < 4.78 is 11.4. The van der Waals surface area contributed by atoms with Gasteiger partial charge in [-0.1, -0.05) is 6.07 Å². The Morgan fingerprint density at radius 2 is 1.96 bits per heavy atom. The van der Waals surface area contributed by atoms with E-state index in [1.165, 1.54) is 0 Å². The number of anilines is 2. The highest BCUT2D eigenvalue weighted by Gasteiger charge is 2.23. The van der Waals surface area contributed by atoms with Gasteiger partial charge >= 0.3 is 0 Å². The van der Waals surface area contributed by atoms with Gasteiger partial charge in [-0.05, 0) is 48.7 Å². The first-order valence-electron chi connectivity index (χ1n) is 9.42. The van der Waals surface area contributed by atoms with Gasteiger partial charge in [0.05, 0.1) is 13.2 Å². The van der Waals surface area contributed by atoms with E-state index in [4.69, 9.17) is 15.2 Å². The van der Waals surface area contributed by atoms with Gasteiger partial charge in [0.2, 0.25) is 5.91 Å². The summed E-state index contributed by atoms with van der Waals surface area (Å²) >= 11 is 1.67. The molecule has 2 aromatic rings. The molecule has 2 N–H and O–H groups in total. The molecule has 2 aliphatic heterocycles. The standard InChI is InChI=1S/C21H24N2O3S/c22-17-5-1-6-18-16(17)4-2-10-23(18)21(24)9-13-27-15-7-8-19-20(14-15)26-12-3-11-25-19/h1,5-8,14H,2-4,9-13,22H2. The number of benzene rings is 2. The molecule has 5 nitrogen and oxygen atoms in total. The summed E-state index contributed by atoms with van der Waals surface area (Å²) in [6.45, 7) is 2.14. The van der Waals surface area contributed by atoms with E-state index in [1.54, 1.807) is 11.8 Å². The molecule has 2 aliphatic rings. The quantitative estimate of drug-likeness (QED) is 0.640. The molecule has 1 amide bonds. The van der Waals surface area contributed by atoms with Crippen LogP contribution in [0.4, 0.5) is 11.4 Å². The van der Waals surface area contributed by atoms with Crippen molar-refractivity contribution < 1.29 is 14.3 Å². The average Bonchev–Trinajstić information content (AvgIpc) is 2.93. The minimum atomic E-state index is 0.156. The molecule has 0 fully saturated rings. The van der Waals surface area contributed by atoms with Gasteiger partial charge in [-0.15, -0.1) is 11.8 Å². The van der Waals surface area contributed by atoms with E-state index in [0.29, 0.717) is 19.6 Å². The monoisotopic (exact) mass is 384 g/mol. The number of amides is 1. The predicted molar refractivity (Wildman–Crippen MR) is 109 cm³/mol. The second kappa shape index (κ2) is 8.13. The summed E-state index contributed by atoms with van der Waals surface area (Å²) in [6.07, 6.45) is 3.29. The molecule has 142 valence electrons. The topological polar surface area (TPSA) is 64.8 Å². The van der Waals surface area contributed by atoms with Crippen molar-refractivity contribution >= 4 is 29.0 Å². The third-order valence-electron chi connectivity index (χ3n) is 4.89. The fourth-order valence-electron chi connectivity index (χ4n) is 3.54. The Labute approximate surface area is 163 Å². The third-order valence-corrected chi connectivity index (χ3v) is 5.89. The van der Waals surface area contributed by atoms with E-state index in [1.807, 2.05) is 41.3 Å². The highest BCUT2D eigenvalue weighted by Crippen LogP contribution is 2.35. The van der Waals surface area contributed by atoms with Crippen LogP contribution in [0.15, 0.2) is 41.3 Å². The molecule has 0 aliphatic carbocycles. The number of carbonyl (C=O) groups is 1. The highest BCUT2D eigenvalue weighted by atomic mass is 32.2. The molecular weight excluding hydrogens is 360 g/mol. The van der Waals surface area contributed by atoms with E-state index in [0.717, 1.165) is 64.9 Å². The van der Waals surface area contributed by atoms with Gasteiger partial charge in [-0.2, -0.15) is 0 Å². The van der Waals surface area contributed by atoms with E-state index in [-0.39, 0.29) is 5.91 Å². The number of nitrogen functional groups attached to an aromatic ring is 1. The zero-order valence-electron chi connectivity index (χ0n) is 15.3. The average molecular weight is 385 g/mol. The van der Waals surface area contributed by atoms with Gasteiger partial charge in [0.1, 0.15) is 0 Å². The van der Waals surface area contributed by atoms with Crippen LogP contribution in [0.1, 0.15) is 24.8 Å². The summed E-state index contributed by atoms with van der Waals surface area (Å²) in [4.78, 5) is 15.8. The highest BCUT2D eigenvalue weighted by molar-refractivity contribution is 7.99. The van der Waals surface area contributed by atoms with Crippen molar-refractivity contribution in [3.05, 3.63) is 42.0 Å². The van der Waals surface area contributed by atoms with E-state index in [9.17, 15) is 4.79 Å². The van der Waals surface area contributed by atoms with Crippen LogP contribution >= 0.6 is 11.8 Å². The first kappa shape index (κ1) is 18.0. The van der Waals surface area contributed by atoms with Crippen molar-refractivity contribution in [1.29, 1.82) is 0 Å². The Hall–Kier alpha value is -2.34. The Balaban J connectivity index is 1.37. The van der Waals surface area contributed by atoms with Crippen LogP contribution in [-0.2, 0) is 11.2 Å². The smallest absolute Gasteiger partial charge is 0.227 e. The zero-order chi connectivity index (χ0) is 18.6. The van der Waals surface area contributed by atoms with Crippen LogP contribution in [0.2, 0.25) is 0 Å². The van der Waals surface area contributed by atoms with Gasteiger partial charge in [0.15, 0.2) is 11.5 Å². The lowest BCUT2D eigenvalue weighted by molar-refractivity contribution is -0.118. The Bertz CT molecular complexity index is 840. The molecule has 0 spiro atoms. The number of fused-ring (bicyclic) bond motifs is 2. The summed E-state index contributed by atoms with van der Waals surface area (Å²) in [5, 5.41) is 0. The minimum absolute atomic E-state index is 0.156. The van der Waals surface area contributed by atoms with Crippen molar-refractivity contribution in [3.63, 3.8) is 0 Å². The van der Waals surface area contributed by atoms with Gasteiger partial charge in [-0.25, -0.2) is 0 Å². The van der Waals surface area contributed by atoms with Crippen LogP contribution in [0, 0.1) is 0 Å². The molecule has 0 radical (unpaired) electrons. The van der Waals surface area contributed by atoms with Crippen LogP contribution in [0.3, 0.4) is 0 Å². The molecule has 2 heterocycles. The molecule has 0 aromatic heterocycles. The maximum absolute atomic E-state index is 12.8. The molecule has 0 bridgehead atoms. The Kier molecular flexibility index (Phi) is 5.43. The molecular formula is C21H24N2O3S. The van der Waals surface area contributed by atoms with Crippen LogP contribution in [-0.4, -0.2) is 31.4 Å².